The van der Waals surface area contributed by atoms with E-state index in [1.54, 1.807) is 6.92 Å². The van der Waals surface area contributed by atoms with Gasteiger partial charge < -0.3 is 15.0 Å². The number of carbonyl (C=O) groups is 2. The van der Waals surface area contributed by atoms with Crippen molar-refractivity contribution in [1.29, 1.82) is 5.26 Å². The first-order valence-electron chi connectivity index (χ1n) is 6.73. The summed E-state index contributed by atoms with van der Waals surface area (Å²) in [6.45, 7) is 1.98. The topological polar surface area (TPSA) is 82.4 Å². The number of nitrogens with zero attached hydrogens (tertiary/aromatic N) is 2. The van der Waals surface area contributed by atoms with E-state index < -0.39 is 12.1 Å². The van der Waals surface area contributed by atoms with Gasteiger partial charge in [0.25, 0.3) is 0 Å². The van der Waals surface area contributed by atoms with Gasteiger partial charge in [0.1, 0.15) is 19.2 Å². The minimum Gasteiger partial charge on any atom is -0.366 e. The molecule has 0 aromatic heterocycles. The number of hydrogen-bond acceptors (Lipinski definition) is 4. The summed E-state index contributed by atoms with van der Waals surface area (Å²) < 4.78 is 5.34. The number of hydrogen-bond donors (Lipinski definition) is 1. The standard InChI is InChI=1S/C15H17N3O3/c1-11-14(15(20)17-8-7-16)18(13(19)10-21-11)9-12-5-3-2-4-6-12/h2-6,11,14H,8-10H2,1H3,(H,17,20)/t11-,14+/m1/s1. The predicted octanol–water partition coefficient (Wildman–Crippen LogP) is 0.442. The predicted molar refractivity (Wildman–Crippen MR) is 74.8 cm³/mol. The molecule has 0 saturated carbocycles. The van der Waals surface area contributed by atoms with E-state index in [2.05, 4.69) is 5.32 Å². The molecule has 0 radical (unpaired) electrons. The second-order valence-electron chi connectivity index (χ2n) is 4.84. The van der Waals surface area contributed by atoms with Crippen LogP contribution >= 0.6 is 0 Å². The zero-order valence-corrected chi connectivity index (χ0v) is 11.8. The number of morpholine rings is 1. The summed E-state index contributed by atoms with van der Waals surface area (Å²) in [4.78, 5) is 25.8. The molecule has 6 nitrogen and oxygen atoms in total. The Morgan fingerprint density at radius 2 is 2.19 bits per heavy atom. The molecule has 0 aliphatic carbocycles. The molecule has 1 aliphatic heterocycles. The highest BCUT2D eigenvalue weighted by Gasteiger charge is 2.38. The first-order chi connectivity index (χ1) is 10.1. The van der Waals surface area contributed by atoms with Crippen LogP contribution in [0.25, 0.3) is 0 Å². The number of rotatable bonds is 4. The number of carbonyl (C=O) groups excluding carboxylic acids is 2. The zero-order valence-electron chi connectivity index (χ0n) is 11.8. The van der Waals surface area contributed by atoms with Gasteiger partial charge in [-0.25, -0.2) is 0 Å². The average molecular weight is 287 g/mol. The van der Waals surface area contributed by atoms with Crippen LogP contribution in [0.5, 0.6) is 0 Å². The normalized spacial score (nSPS) is 21.7. The largest absolute Gasteiger partial charge is 0.366 e. The van der Waals surface area contributed by atoms with Crippen LogP contribution in [-0.4, -0.2) is 42.0 Å². The molecule has 1 aromatic rings. The summed E-state index contributed by atoms with van der Waals surface area (Å²) in [5, 5.41) is 11.1. The van der Waals surface area contributed by atoms with Gasteiger partial charge in [-0.15, -0.1) is 0 Å². The van der Waals surface area contributed by atoms with Crippen molar-refractivity contribution in [2.75, 3.05) is 13.2 Å². The van der Waals surface area contributed by atoms with Gasteiger partial charge in [0.2, 0.25) is 11.8 Å². The van der Waals surface area contributed by atoms with E-state index in [9.17, 15) is 9.59 Å². The molecular weight excluding hydrogens is 270 g/mol. The maximum absolute atomic E-state index is 12.2. The van der Waals surface area contributed by atoms with Gasteiger partial charge in [-0.2, -0.15) is 5.26 Å². The molecule has 1 fully saturated rings. The summed E-state index contributed by atoms with van der Waals surface area (Å²) in [7, 11) is 0. The Morgan fingerprint density at radius 1 is 1.48 bits per heavy atom. The van der Waals surface area contributed by atoms with E-state index in [-0.39, 0.29) is 25.0 Å². The third-order valence-electron chi connectivity index (χ3n) is 3.38. The lowest BCUT2D eigenvalue weighted by atomic mass is 10.1. The second kappa shape index (κ2) is 6.86. The Labute approximate surface area is 123 Å². The van der Waals surface area contributed by atoms with Crippen molar-refractivity contribution in [3.8, 4) is 6.07 Å². The molecule has 0 spiro atoms. The first-order valence-corrected chi connectivity index (χ1v) is 6.73. The van der Waals surface area contributed by atoms with Crippen LogP contribution in [0.3, 0.4) is 0 Å². The number of nitriles is 1. The van der Waals surface area contributed by atoms with Crippen LogP contribution in [0.2, 0.25) is 0 Å². The van der Waals surface area contributed by atoms with Crippen LogP contribution < -0.4 is 5.32 Å². The molecule has 2 amide bonds. The lowest BCUT2D eigenvalue weighted by Gasteiger charge is -2.38. The summed E-state index contributed by atoms with van der Waals surface area (Å²) in [5.41, 5.74) is 0.943. The van der Waals surface area contributed by atoms with E-state index in [4.69, 9.17) is 10.00 Å². The molecule has 1 heterocycles. The molecule has 2 rings (SSSR count). The molecule has 6 heteroatoms. The van der Waals surface area contributed by atoms with Crippen LogP contribution in [0.4, 0.5) is 0 Å². The second-order valence-corrected chi connectivity index (χ2v) is 4.84. The van der Waals surface area contributed by atoms with Crippen LogP contribution in [-0.2, 0) is 20.9 Å². The van der Waals surface area contributed by atoms with Crippen molar-refractivity contribution < 1.29 is 14.3 Å². The fourth-order valence-electron chi connectivity index (χ4n) is 2.34. The van der Waals surface area contributed by atoms with Gasteiger partial charge in [-0.3, -0.25) is 9.59 Å². The van der Waals surface area contributed by atoms with Crippen molar-refractivity contribution in [3.63, 3.8) is 0 Å². The van der Waals surface area contributed by atoms with Crippen LogP contribution in [0, 0.1) is 11.3 Å². The van der Waals surface area contributed by atoms with E-state index in [1.807, 2.05) is 36.4 Å². The quantitative estimate of drug-likeness (QED) is 0.815. The highest BCUT2D eigenvalue weighted by Crippen LogP contribution is 2.18. The van der Waals surface area contributed by atoms with Gasteiger partial charge in [-0.1, -0.05) is 30.3 Å². The third-order valence-corrected chi connectivity index (χ3v) is 3.38. The molecule has 21 heavy (non-hydrogen) atoms. The maximum atomic E-state index is 12.2. The van der Waals surface area contributed by atoms with Gasteiger partial charge in [0.05, 0.1) is 12.2 Å². The summed E-state index contributed by atoms with van der Waals surface area (Å²) in [6.07, 6.45) is -0.412. The smallest absolute Gasteiger partial charge is 0.249 e. The van der Waals surface area contributed by atoms with E-state index in [0.717, 1.165) is 5.56 Å². The molecule has 0 unspecified atom stereocenters. The molecule has 1 N–H and O–H groups in total. The zero-order chi connectivity index (χ0) is 15.2. The van der Waals surface area contributed by atoms with Crippen molar-refractivity contribution in [2.45, 2.75) is 25.6 Å². The van der Waals surface area contributed by atoms with Gasteiger partial charge in [0.15, 0.2) is 0 Å². The van der Waals surface area contributed by atoms with Gasteiger partial charge in [-0.05, 0) is 12.5 Å². The van der Waals surface area contributed by atoms with E-state index in [0.29, 0.717) is 6.54 Å². The lowest BCUT2D eigenvalue weighted by Crippen LogP contribution is -2.59. The lowest BCUT2D eigenvalue weighted by molar-refractivity contribution is -0.163. The highest BCUT2D eigenvalue weighted by molar-refractivity contribution is 5.89. The third kappa shape index (κ3) is 3.58. The SMILES string of the molecule is C[C@H]1OCC(=O)N(Cc2ccccc2)[C@@H]1C(=O)NCC#N. The number of benzene rings is 1. The molecule has 0 bridgehead atoms. The summed E-state index contributed by atoms with van der Waals surface area (Å²) in [6, 6.07) is 10.6. The number of amides is 2. The maximum Gasteiger partial charge on any atom is 0.249 e. The highest BCUT2D eigenvalue weighted by atomic mass is 16.5. The monoisotopic (exact) mass is 287 g/mol. The summed E-state index contributed by atoms with van der Waals surface area (Å²) >= 11 is 0. The Hall–Kier alpha value is -2.39. The minimum atomic E-state index is -0.722. The van der Waals surface area contributed by atoms with Gasteiger partial charge in [0, 0.05) is 6.54 Å². The Kier molecular flexibility index (Phi) is 4.90. The van der Waals surface area contributed by atoms with Crippen molar-refractivity contribution in [1.82, 2.24) is 10.2 Å². The molecule has 2 atom stereocenters. The number of nitrogens with one attached hydrogen (secondary N) is 1. The fourth-order valence-corrected chi connectivity index (χ4v) is 2.34. The number of ether oxygens (including phenoxy) is 1. The summed E-state index contributed by atoms with van der Waals surface area (Å²) in [5.74, 6) is -0.595. The Balaban J connectivity index is 2.18. The van der Waals surface area contributed by atoms with Crippen LogP contribution in [0.1, 0.15) is 12.5 Å². The molecule has 1 saturated heterocycles. The van der Waals surface area contributed by atoms with Crippen molar-refractivity contribution in [2.24, 2.45) is 0 Å². The minimum absolute atomic E-state index is 0.0317. The van der Waals surface area contributed by atoms with Crippen LogP contribution in [0.15, 0.2) is 30.3 Å². The molecule has 1 aliphatic rings. The van der Waals surface area contributed by atoms with E-state index >= 15 is 0 Å². The van der Waals surface area contributed by atoms with E-state index in [1.165, 1.54) is 4.90 Å². The fraction of sp³-hybridized carbons (Fsp3) is 0.400. The first kappa shape index (κ1) is 15.0. The Morgan fingerprint density at radius 3 is 2.86 bits per heavy atom. The van der Waals surface area contributed by atoms with Crippen molar-refractivity contribution in [3.05, 3.63) is 35.9 Å². The molecular formula is C15H17N3O3. The van der Waals surface area contributed by atoms with Crippen molar-refractivity contribution >= 4 is 11.8 Å². The Bertz CT molecular complexity index is 553. The molecule has 110 valence electrons. The molecule has 1 aromatic carbocycles. The average Bonchev–Trinajstić information content (AvgIpc) is 2.50. The van der Waals surface area contributed by atoms with Gasteiger partial charge >= 0.3 is 0 Å².